The summed E-state index contributed by atoms with van der Waals surface area (Å²) in [5.74, 6) is 3.67. The number of unbranched alkanes of at least 4 members (excludes halogenated alkanes) is 3. The Hall–Kier alpha value is -1.61. The van der Waals surface area contributed by atoms with Gasteiger partial charge in [-0.05, 0) is 60.8 Å². The first-order valence-corrected chi connectivity index (χ1v) is 12.7. The van der Waals surface area contributed by atoms with Gasteiger partial charge < -0.3 is 4.74 Å². The monoisotopic (exact) mass is 442 g/mol. The summed E-state index contributed by atoms with van der Waals surface area (Å²) in [5, 5.41) is 0.616. The highest BCUT2D eigenvalue weighted by Gasteiger charge is 2.26. The molecule has 3 nitrogen and oxygen atoms in total. The van der Waals surface area contributed by atoms with Crippen LogP contribution in [0.3, 0.4) is 0 Å². The van der Waals surface area contributed by atoms with Crippen LogP contribution in [0, 0.1) is 11.8 Å². The van der Waals surface area contributed by atoms with Crippen molar-refractivity contribution in [1.82, 2.24) is 9.97 Å². The molecule has 0 bridgehead atoms. The molecule has 0 radical (unpaired) electrons. The van der Waals surface area contributed by atoms with Crippen LogP contribution in [0.4, 0.5) is 0 Å². The summed E-state index contributed by atoms with van der Waals surface area (Å²) in [6, 6.07) is 5.82. The van der Waals surface area contributed by atoms with Gasteiger partial charge in [-0.3, -0.25) is 0 Å². The highest BCUT2D eigenvalue weighted by molar-refractivity contribution is 6.32. The van der Waals surface area contributed by atoms with Crippen molar-refractivity contribution in [3.63, 3.8) is 0 Å². The van der Waals surface area contributed by atoms with Gasteiger partial charge in [0.25, 0.3) is 0 Å². The van der Waals surface area contributed by atoms with Gasteiger partial charge in [-0.25, -0.2) is 9.97 Å². The maximum atomic E-state index is 6.41. The summed E-state index contributed by atoms with van der Waals surface area (Å²) in [5.41, 5.74) is 2.18. The van der Waals surface area contributed by atoms with Crippen molar-refractivity contribution < 1.29 is 4.74 Å². The minimum atomic E-state index is 0.517. The molecule has 4 heteroatoms. The second kappa shape index (κ2) is 12.4. The van der Waals surface area contributed by atoms with E-state index >= 15 is 0 Å². The fourth-order valence-corrected chi connectivity index (χ4v) is 4.97. The van der Waals surface area contributed by atoms with E-state index in [1.165, 1.54) is 56.9 Å². The van der Waals surface area contributed by atoms with E-state index in [2.05, 4.69) is 30.7 Å². The number of aromatic nitrogens is 2. The predicted molar refractivity (Wildman–Crippen MR) is 131 cm³/mol. The topological polar surface area (TPSA) is 35.0 Å². The first kappa shape index (κ1) is 24.0. The van der Waals surface area contributed by atoms with Crippen LogP contribution in [0.25, 0.3) is 11.4 Å². The zero-order valence-electron chi connectivity index (χ0n) is 19.6. The van der Waals surface area contributed by atoms with E-state index in [4.69, 9.17) is 16.3 Å². The number of hydrogen-bond acceptors (Lipinski definition) is 3. The van der Waals surface area contributed by atoms with Crippen molar-refractivity contribution in [3.05, 3.63) is 41.2 Å². The smallest absolute Gasteiger partial charge is 0.159 e. The fourth-order valence-electron chi connectivity index (χ4n) is 4.74. The molecule has 0 spiro atoms. The third kappa shape index (κ3) is 6.94. The molecule has 0 amide bonds. The van der Waals surface area contributed by atoms with E-state index in [0.717, 1.165) is 41.8 Å². The summed E-state index contributed by atoms with van der Waals surface area (Å²) in [6.45, 7) is 7.48. The van der Waals surface area contributed by atoms with Gasteiger partial charge in [0.05, 0.1) is 11.6 Å². The van der Waals surface area contributed by atoms with Gasteiger partial charge in [0.1, 0.15) is 5.75 Å². The number of halogens is 1. The Morgan fingerprint density at radius 2 is 1.71 bits per heavy atom. The van der Waals surface area contributed by atoms with Gasteiger partial charge in [-0.15, -0.1) is 0 Å². The molecule has 1 fully saturated rings. The number of rotatable bonds is 11. The minimum absolute atomic E-state index is 0.517. The summed E-state index contributed by atoms with van der Waals surface area (Å²) < 4.78 is 5.75. The molecule has 1 heterocycles. The number of ether oxygens (including phenoxy) is 1. The molecule has 2 aromatic rings. The Morgan fingerprint density at radius 1 is 1.00 bits per heavy atom. The largest absolute Gasteiger partial charge is 0.492 e. The molecular formula is C27H39ClN2O. The van der Waals surface area contributed by atoms with Crippen molar-refractivity contribution in [2.45, 2.75) is 90.9 Å². The van der Waals surface area contributed by atoms with Gasteiger partial charge in [-0.2, -0.15) is 0 Å². The molecule has 0 N–H and O–H groups in total. The number of benzene rings is 1. The predicted octanol–water partition coefficient (Wildman–Crippen LogP) is 8.47. The molecule has 1 atom stereocenters. The molecule has 1 aliphatic carbocycles. The first-order valence-electron chi connectivity index (χ1n) is 12.4. The Kier molecular flexibility index (Phi) is 9.64. The van der Waals surface area contributed by atoms with E-state index in [0.29, 0.717) is 17.5 Å². The van der Waals surface area contributed by atoms with Gasteiger partial charge in [0.15, 0.2) is 5.82 Å². The molecular weight excluding hydrogens is 404 g/mol. The van der Waals surface area contributed by atoms with Crippen LogP contribution in [-0.2, 0) is 0 Å². The Bertz CT molecular complexity index is 784. The van der Waals surface area contributed by atoms with Crippen LogP contribution in [-0.4, -0.2) is 16.6 Å². The molecule has 1 aromatic carbocycles. The van der Waals surface area contributed by atoms with Gasteiger partial charge in [0, 0.05) is 18.0 Å². The Balaban J connectivity index is 1.56. The highest BCUT2D eigenvalue weighted by atomic mass is 35.5. The second-order valence-electron chi connectivity index (χ2n) is 9.25. The Labute approximate surface area is 194 Å². The van der Waals surface area contributed by atoms with Crippen LogP contribution in [0.5, 0.6) is 5.75 Å². The van der Waals surface area contributed by atoms with Crippen LogP contribution in [0.1, 0.15) is 96.5 Å². The third-order valence-corrected chi connectivity index (χ3v) is 7.25. The molecule has 1 unspecified atom stereocenters. The lowest BCUT2D eigenvalue weighted by molar-refractivity contribution is 0.236. The van der Waals surface area contributed by atoms with Crippen LogP contribution >= 0.6 is 11.6 Å². The number of hydrogen-bond donors (Lipinski definition) is 0. The zero-order chi connectivity index (χ0) is 22.1. The molecule has 1 aliphatic rings. The van der Waals surface area contributed by atoms with Gasteiger partial charge in [0.2, 0.25) is 0 Å². The first-order chi connectivity index (χ1) is 15.1. The van der Waals surface area contributed by atoms with Gasteiger partial charge in [-0.1, -0.05) is 77.3 Å². The third-order valence-electron chi connectivity index (χ3n) is 6.96. The molecule has 1 aromatic heterocycles. The van der Waals surface area contributed by atoms with E-state index in [9.17, 15) is 0 Å². The van der Waals surface area contributed by atoms with Gasteiger partial charge >= 0.3 is 0 Å². The summed E-state index contributed by atoms with van der Waals surface area (Å²) in [6.07, 6.45) is 17.2. The summed E-state index contributed by atoms with van der Waals surface area (Å²) in [7, 11) is 0. The second-order valence-corrected chi connectivity index (χ2v) is 9.66. The number of nitrogens with zero attached hydrogens (tertiary/aromatic N) is 2. The molecule has 31 heavy (non-hydrogen) atoms. The molecule has 170 valence electrons. The molecule has 3 rings (SSSR count). The fraction of sp³-hybridized carbons (Fsp3) is 0.630. The molecule has 1 saturated carbocycles. The van der Waals surface area contributed by atoms with E-state index < -0.39 is 0 Å². The van der Waals surface area contributed by atoms with Crippen LogP contribution in [0.15, 0.2) is 30.6 Å². The standard InChI is InChI=1S/C27H39ClN2O/c1-4-6-8-9-21-10-12-22(13-11-21)20(3)24-18-29-27(30-19-24)23-14-15-26(25(28)17-23)31-16-7-5-2/h14-15,17-22H,4-13,16H2,1-3H3. The summed E-state index contributed by atoms with van der Waals surface area (Å²) in [4.78, 5) is 9.33. The lowest BCUT2D eigenvalue weighted by Crippen LogP contribution is -2.19. The van der Waals surface area contributed by atoms with Crippen molar-refractivity contribution >= 4 is 11.6 Å². The van der Waals surface area contributed by atoms with E-state index in [1.807, 2.05) is 30.6 Å². The van der Waals surface area contributed by atoms with Crippen LogP contribution < -0.4 is 4.74 Å². The van der Waals surface area contributed by atoms with Crippen molar-refractivity contribution in [2.75, 3.05) is 6.61 Å². The lowest BCUT2D eigenvalue weighted by atomic mass is 9.73. The maximum absolute atomic E-state index is 6.41. The normalized spacial score (nSPS) is 19.9. The van der Waals surface area contributed by atoms with Crippen molar-refractivity contribution in [3.8, 4) is 17.1 Å². The summed E-state index contributed by atoms with van der Waals surface area (Å²) >= 11 is 6.41. The van der Waals surface area contributed by atoms with Crippen molar-refractivity contribution in [1.29, 1.82) is 0 Å². The van der Waals surface area contributed by atoms with E-state index in [1.54, 1.807) is 0 Å². The maximum Gasteiger partial charge on any atom is 0.159 e. The molecule has 0 aliphatic heterocycles. The minimum Gasteiger partial charge on any atom is -0.492 e. The molecule has 0 saturated heterocycles. The average Bonchev–Trinajstić information content (AvgIpc) is 2.80. The van der Waals surface area contributed by atoms with Crippen LogP contribution in [0.2, 0.25) is 5.02 Å². The zero-order valence-corrected chi connectivity index (χ0v) is 20.3. The highest BCUT2D eigenvalue weighted by Crippen LogP contribution is 2.39. The van der Waals surface area contributed by atoms with E-state index in [-0.39, 0.29) is 0 Å². The lowest BCUT2D eigenvalue weighted by Gasteiger charge is -2.32. The average molecular weight is 443 g/mol. The SMILES string of the molecule is CCCCCC1CCC(C(C)c2cnc(-c3ccc(OCCCC)c(Cl)c3)nc2)CC1. The van der Waals surface area contributed by atoms with Crippen molar-refractivity contribution in [2.24, 2.45) is 11.8 Å². The Morgan fingerprint density at radius 3 is 2.35 bits per heavy atom. The quantitative estimate of drug-likeness (QED) is 0.327.